The fourth-order valence-corrected chi connectivity index (χ4v) is 3.49. The van der Waals surface area contributed by atoms with Crippen molar-refractivity contribution < 1.29 is 28.7 Å². The van der Waals surface area contributed by atoms with Crippen LogP contribution in [-0.4, -0.2) is 65.8 Å². The predicted molar refractivity (Wildman–Crippen MR) is 103 cm³/mol. The third-order valence-corrected chi connectivity index (χ3v) is 5.01. The number of nitrogens with zero attached hydrogens (tertiary/aromatic N) is 2. The number of carbonyl (C=O) groups excluding carboxylic acids is 5. The molecule has 0 spiro atoms. The first kappa shape index (κ1) is 22.6. The molecule has 2 rings (SSSR count). The lowest BCUT2D eigenvalue weighted by molar-refractivity contribution is -0.146. The number of methoxy groups -OCH3 is 1. The average Bonchev–Trinajstić information content (AvgIpc) is 2.89. The lowest BCUT2D eigenvalue weighted by Gasteiger charge is -2.20. The second-order valence-corrected chi connectivity index (χ2v) is 7.76. The molecule has 29 heavy (non-hydrogen) atoms. The monoisotopic (exact) mass is 407 g/mol. The molecule has 1 heterocycles. The molecule has 1 saturated heterocycles. The first-order valence-corrected chi connectivity index (χ1v) is 9.97. The van der Waals surface area contributed by atoms with Crippen molar-refractivity contribution in [3.63, 3.8) is 0 Å². The van der Waals surface area contributed by atoms with E-state index in [9.17, 15) is 24.0 Å². The van der Waals surface area contributed by atoms with Gasteiger partial charge in [0, 0.05) is 6.54 Å². The highest BCUT2D eigenvalue weighted by Gasteiger charge is 2.45. The van der Waals surface area contributed by atoms with E-state index in [1.807, 2.05) is 13.8 Å². The van der Waals surface area contributed by atoms with Gasteiger partial charge in [-0.25, -0.2) is 14.5 Å². The van der Waals surface area contributed by atoms with Gasteiger partial charge in [0.2, 0.25) is 5.91 Å². The molecular formula is C20H29N3O6. The van der Waals surface area contributed by atoms with Crippen molar-refractivity contribution in [3.05, 3.63) is 11.6 Å². The Balaban J connectivity index is 1.96. The number of amides is 5. The SMILES string of the molecule is COC(=O)[C@H](CC(C)C)NC(=O)CN1C(=O)C(=O)N(CCC2=CCCCC2)C1=O. The van der Waals surface area contributed by atoms with E-state index >= 15 is 0 Å². The normalized spacial score (nSPS) is 18.2. The van der Waals surface area contributed by atoms with E-state index in [2.05, 4.69) is 16.1 Å². The number of hydrogen-bond acceptors (Lipinski definition) is 6. The molecule has 0 aromatic heterocycles. The van der Waals surface area contributed by atoms with Gasteiger partial charge in [0.25, 0.3) is 0 Å². The molecule has 1 fully saturated rings. The standard InChI is InChI=1S/C20H29N3O6/c1-13(2)11-15(19(27)29-3)21-16(24)12-23-18(26)17(25)22(20(23)28)10-9-14-7-5-4-6-8-14/h7,13,15H,4-6,8-12H2,1-3H3,(H,21,24)/t15-/m0/s1. The van der Waals surface area contributed by atoms with Gasteiger partial charge in [-0.15, -0.1) is 0 Å². The van der Waals surface area contributed by atoms with Crippen LogP contribution in [0, 0.1) is 5.92 Å². The summed E-state index contributed by atoms with van der Waals surface area (Å²) in [5, 5.41) is 2.48. The quantitative estimate of drug-likeness (QED) is 0.267. The molecule has 160 valence electrons. The summed E-state index contributed by atoms with van der Waals surface area (Å²) in [5.41, 5.74) is 1.18. The zero-order valence-corrected chi connectivity index (χ0v) is 17.2. The van der Waals surface area contributed by atoms with Gasteiger partial charge in [-0.2, -0.15) is 0 Å². The molecule has 5 amide bonds. The van der Waals surface area contributed by atoms with E-state index in [1.165, 1.54) is 12.7 Å². The van der Waals surface area contributed by atoms with E-state index < -0.39 is 42.3 Å². The topological polar surface area (TPSA) is 113 Å². The molecule has 0 unspecified atom stereocenters. The summed E-state index contributed by atoms with van der Waals surface area (Å²) >= 11 is 0. The van der Waals surface area contributed by atoms with E-state index in [0.717, 1.165) is 30.6 Å². The molecule has 2 aliphatic rings. The molecule has 9 heteroatoms. The van der Waals surface area contributed by atoms with Crippen LogP contribution >= 0.6 is 0 Å². The van der Waals surface area contributed by atoms with Crippen molar-refractivity contribution >= 4 is 29.7 Å². The van der Waals surface area contributed by atoms with Crippen molar-refractivity contribution in [2.45, 2.75) is 58.4 Å². The van der Waals surface area contributed by atoms with Gasteiger partial charge in [0.05, 0.1) is 7.11 Å². The number of rotatable bonds is 9. The highest BCUT2D eigenvalue weighted by Crippen LogP contribution is 2.22. The van der Waals surface area contributed by atoms with Gasteiger partial charge in [0.15, 0.2) is 0 Å². The molecule has 1 aliphatic heterocycles. The zero-order valence-electron chi connectivity index (χ0n) is 17.2. The molecule has 0 radical (unpaired) electrons. The number of hydrogen-bond donors (Lipinski definition) is 1. The summed E-state index contributed by atoms with van der Waals surface area (Å²) in [6, 6.07) is -1.68. The maximum atomic E-state index is 12.5. The van der Waals surface area contributed by atoms with Crippen LogP contribution in [0.4, 0.5) is 4.79 Å². The highest BCUT2D eigenvalue weighted by atomic mass is 16.5. The maximum absolute atomic E-state index is 12.5. The number of urea groups is 1. The Labute approximate surface area is 170 Å². The molecule has 0 aromatic rings. The van der Waals surface area contributed by atoms with E-state index in [1.54, 1.807) is 0 Å². The molecule has 1 N–H and O–H groups in total. The van der Waals surface area contributed by atoms with Crippen LogP contribution in [0.15, 0.2) is 11.6 Å². The number of carbonyl (C=O) groups is 5. The fraction of sp³-hybridized carbons (Fsp3) is 0.650. The largest absolute Gasteiger partial charge is 0.467 e. The van der Waals surface area contributed by atoms with Gasteiger partial charge in [0.1, 0.15) is 12.6 Å². The van der Waals surface area contributed by atoms with Crippen LogP contribution in [0.2, 0.25) is 0 Å². The average molecular weight is 407 g/mol. The Morgan fingerprint density at radius 2 is 1.83 bits per heavy atom. The Kier molecular flexibility index (Phi) is 7.92. The minimum atomic E-state index is -1.03. The molecule has 0 bridgehead atoms. The van der Waals surface area contributed by atoms with Crippen LogP contribution in [0.5, 0.6) is 0 Å². The van der Waals surface area contributed by atoms with Crippen LogP contribution in [0.3, 0.4) is 0 Å². The first-order valence-electron chi connectivity index (χ1n) is 9.97. The summed E-state index contributed by atoms with van der Waals surface area (Å²) in [6.45, 7) is 3.27. The second kappa shape index (κ2) is 10.2. The van der Waals surface area contributed by atoms with Crippen LogP contribution < -0.4 is 5.32 Å². The third-order valence-electron chi connectivity index (χ3n) is 5.01. The van der Waals surface area contributed by atoms with Crippen LogP contribution in [-0.2, 0) is 23.9 Å². The minimum absolute atomic E-state index is 0.112. The van der Waals surface area contributed by atoms with Gasteiger partial charge in [-0.05, 0) is 44.4 Å². The lowest BCUT2D eigenvalue weighted by atomic mass is 9.97. The van der Waals surface area contributed by atoms with E-state index in [-0.39, 0.29) is 12.5 Å². The Bertz CT molecular complexity index is 715. The maximum Gasteiger partial charge on any atom is 0.334 e. The summed E-state index contributed by atoms with van der Waals surface area (Å²) in [5.74, 6) is -3.15. The molecule has 1 aliphatic carbocycles. The smallest absolute Gasteiger partial charge is 0.334 e. The Morgan fingerprint density at radius 3 is 2.41 bits per heavy atom. The summed E-state index contributed by atoms with van der Waals surface area (Å²) in [4.78, 5) is 62.6. The number of nitrogens with one attached hydrogen (secondary N) is 1. The van der Waals surface area contributed by atoms with Crippen LogP contribution in [0.1, 0.15) is 52.4 Å². The molecule has 1 atom stereocenters. The minimum Gasteiger partial charge on any atom is -0.467 e. The summed E-state index contributed by atoms with van der Waals surface area (Å²) in [7, 11) is 1.22. The Morgan fingerprint density at radius 1 is 1.14 bits per heavy atom. The summed E-state index contributed by atoms with van der Waals surface area (Å²) in [6.07, 6.45) is 7.13. The lowest BCUT2D eigenvalue weighted by Crippen LogP contribution is -2.48. The zero-order chi connectivity index (χ0) is 21.6. The third kappa shape index (κ3) is 5.88. The number of imide groups is 2. The van der Waals surface area contributed by atoms with Gasteiger partial charge < -0.3 is 10.1 Å². The fourth-order valence-electron chi connectivity index (χ4n) is 3.49. The van der Waals surface area contributed by atoms with Crippen molar-refractivity contribution in [2.75, 3.05) is 20.2 Å². The summed E-state index contributed by atoms with van der Waals surface area (Å²) < 4.78 is 4.68. The number of esters is 1. The number of allylic oxidation sites excluding steroid dienone is 1. The highest BCUT2D eigenvalue weighted by molar-refractivity contribution is 6.45. The van der Waals surface area contributed by atoms with Crippen molar-refractivity contribution in [2.24, 2.45) is 5.92 Å². The molecule has 0 saturated carbocycles. The van der Waals surface area contributed by atoms with Crippen molar-refractivity contribution in [3.8, 4) is 0 Å². The molecular weight excluding hydrogens is 378 g/mol. The first-order chi connectivity index (χ1) is 13.7. The van der Waals surface area contributed by atoms with Gasteiger partial charge in [-0.3, -0.25) is 19.3 Å². The van der Waals surface area contributed by atoms with Gasteiger partial charge in [-0.1, -0.05) is 25.5 Å². The molecule has 9 nitrogen and oxygen atoms in total. The molecule has 0 aromatic carbocycles. The van der Waals surface area contributed by atoms with Crippen molar-refractivity contribution in [1.82, 2.24) is 15.1 Å². The second-order valence-electron chi connectivity index (χ2n) is 7.76. The van der Waals surface area contributed by atoms with E-state index in [4.69, 9.17) is 0 Å². The van der Waals surface area contributed by atoms with Gasteiger partial charge >= 0.3 is 23.8 Å². The van der Waals surface area contributed by atoms with Crippen molar-refractivity contribution in [1.29, 1.82) is 0 Å². The predicted octanol–water partition coefficient (Wildman–Crippen LogP) is 1.37. The van der Waals surface area contributed by atoms with E-state index in [0.29, 0.717) is 17.7 Å². The van der Waals surface area contributed by atoms with Crippen LogP contribution in [0.25, 0.3) is 0 Å². The number of ether oxygens (including phenoxy) is 1. The Hall–Kier alpha value is -2.71.